The number of fused-ring (bicyclic) bond motifs is 1. The summed E-state index contributed by atoms with van der Waals surface area (Å²) in [6.07, 6.45) is 0. The van der Waals surface area contributed by atoms with E-state index in [1.54, 1.807) is 7.11 Å². The molecule has 102 valence electrons. The number of hydrogen-bond donors (Lipinski definition) is 0. The van der Waals surface area contributed by atoms with Crippen LogP contribution in [0.2, 0.25) is 0 Å². The van der Waals surface area contributed by atoms with Gasteiger partial charge in [-0.25, -0.2) is 0 Å². The predicted molar refractivity (Wildman–Crippen MR) is 73.4 cm³/mol. The number of carbonyl (C=O) groups excluding carboxylic acids is 1. The summed E-state index contributed by atoms with van der Waals surface area (Å²) in [5, 5.41) is 0. The molecule has 2 atom stereocenters. The molecule has 1 aromatic carbocycles. The van der Waals surface area contributed by atoms with E-state index < -0.39 is 0 Å². The van der Waals surface area contributed by atoms with Gasteiger partial charge < -0.3 is 14.5 Å². The predicted octanol–water partition coefficient (Wildman–Crippen LogP) is 1.33. The lowest BCUT2D eigenvalue weighted by molar-refractivity contribution is 0.0775. The zero-order chi connectivity index (χ0) is 13.4. The van der Waals surface area contributed by atoms with Crippen LogP contribution in [0.25, 0.3) is 0 Å². The van der Waals surface area contributed by atoms with Gasteiger partial charge in [-0.1, -0.05) is 6.07 Å². The van der Waals surface area contributed by atoms with E-state index in [0.717, 1.165) is 37.5 Å². The van der Waals surface area contributed by atoms with Crippen LogP contribution < -0.4 is 4.74 Å². The van der Waals surface area contributed by atoms with Crippen molar-refractivity contribution in [2.45, 2.75) is 0 Å². The van der Waals surface area contributed by atoms with Gasteiger partial charge in [0.15, 0.2) is 0 Å². The van der Waals surface area contributed by atoms with E-state index in [1.807, 2.05) is 29.2 Å². The second kappa shape index (κ2) is 4.85. The Morgan fingerprint density at radius 2 is 1.89 bits per heavy atom. The molecule has 2 saturated heterocycles. The molecule has 0 aromatic heterocycles. The molecule has 2 aliphatic rings. The van der Waals surface area contributed by atoms with Gasteiger partial charge >= 0.3 is 0 Å². The summed E-state index contributed by atoms with van der Waals surface area (Å²) in [5.74, 6) is 2.18. The van der Waals surface area contributed by atoms with Crippen LogP contribution in [0.15, 0.2) is 24.3 Å². The molecule has 0 saturated carbocycles. The lowest BCUT2D eigenvalue weighted by Gasteiger charge is -2.19. The smallest absolute Gasteiger partial charge is 0.254 e. The average Bonchev–Trinajstić information content (AvgIpc) is 2.95. The molecule has 0 aliphatic carbocycles. The highest BCUT2D eigenvalue weighted by atomic mass is 16.5. The van der Waals surface area contributed by atoms with Crippen LogP contribution in [0.1, 0.15) is 10.4 Å². The first-order valence-corrected chi connectivity index (χ1v) is 6.79. The molecule has 1 amide bonds. The van der Waals surface area contributed by atoms with Gasteiger partial charge in [-0.15, -0.1) is 0 Å². The summed E-state index contributed by atoms with van der Waals surface area (Å²) in [6, 6.07) is 7.43. The molecule has 0 N–H and O–H groups in total. The lowest BCUT2D eigenvalue weighted by atomic mass is 10.0. The molecule has 0 spiro atoms. The number of hydrogen-bond acceptors (Lipinski definition) is 3. The van der Waals surface area contributed by atoms with Crippen molar-refractivity contribution in [3.8, 4) is 5.75 Å². The summed E-state index contributed by atoms with van der Waals surface area (Å²) in [7, 11) is 3.78. The third-order valence-corrected chi connectivity index (χ3v) is 4.27. The molecule has 2 fully saturated rings. The summed E-state index contributed by atoms with van der Waals surface area (Å²) < 4.78 is 5.18. The molecule has 4 heteroatoms. The molecule has 1 aromatic rings. The Kier molecular flexibility index (Phi) is 3.19. The fourth-order valence-corrected chi connectivity index (χ4v) is 3.33. The van der Waals surface area contributed by atoms with E-state index in [1.165, 1.54) is 0 Å². The maximum absolute atomic E-state index is 12.5. The summed E-state index contributed by atoms with van der Waals surface area (Å²) in [6.45, 7) is 4.02. The van der Waals surface area contributed by atoms with Crippen molar-refractivity contribution < 1.29 is 9.53 Å². The SMILES string of the molecule is COc1cccc(C(=O)N2C[C@H]3CN(C)C[C@H]3C2)c1. The van der Waals surface area contributed by atoms with Crippen molar-refractivity contribution in [1.29, 1.82) is 0 Å². The third-order valence-electron chi connectivity index (χ3n) is 4.27. The van der Waals surface area contributed by atoms with Gasteiger partial charge in [0.05, 0.1) is 7.11 Å². The van der Waals surface area contributed by atoms with Crippen LogP contribution in [-0.4, -0.2) is 56.0 Å². The molecule has 0 radical (unpaired) electrons. The number of nitrogens with zero attached hydrogens (tertiary/aromatic N) is 2. The van der Waals surface area contributed by atoms with Crippen molar-refractivity contribution in [2.75, 3.05) is 40.3 Å². The van der Waals surface area contributed by atoms with Crippen LogP contribution in [-0.2, 0) is 0 Å². The van der Waals surface area contributed by atoms with E-state index in [0.29, 0.717) is 11.8 Å². The fraction of sp³-hybridized carbons (Fsp3) is 0.533. The van der Waals surface area contributed by atoms with Crippen molar-refractivity contribution in [1.82, 2.24) is 9.80 Å². The highest BCUT2D eigenvalue weighted by Gasteiger charge is 2.40. The molecule has 0 unspecified atom stereocenters. The Bertz CT molecular complexity index is 475. The first-order chi connectivity index (χ1) is 9.17. The topological polar surface area (TPSA) is 32.8 Å². The normalized spacial score (nSPS) is 26.5. The quantitative estimate of drug-likeness (QED) is 0.804. The van der Waals surface area contributed by atoms with Gasteiger partial charge in [-0.3, -0.25) is 4.79 Å². The van der Waals surface area contributed by atoms with E-state index in [4.69, 9.17) is 4.74 Å². The Hall–Kier alpha value is -1.55. The first-order valence-electron chi connectivity index (χ1n) is 6.79. The van der Waals surface area contributed by atoms with Crippen molar-refractivity contribution in [3.05, 3.63) is 29.8 Å². The highest BCUT2D eigenvalue weighted by molar-refractivity contribution is 5.94. The molecule has 0 bridgehead atoms. The number of ether oxygens (including phenoxy) is 1. The summed E-state index contributed by atoms with van der Waals surface area (Å²) in [4.78, 5) is 16.8. The van der Waals surface area contributed by atoms with Gasteiger partial charge in [0, 0.05) is 31.7 Å². The zero-order valence-corrected chi connectivity index (χ0v) is 11.5. The lowest BCUT2D eigenvalue weighted by Crippen LogP contribution is -2.32. The fourth-order valence-electron chi connectivity index (χ4n) is 3.33. The van der Waals surface area contributed by atoms with Gasteiger partial charge in [0.2, 0.25) is 0 Å². The van der Waals surface area contributed by atoms with E-state index in [9.17, 15) is 4.79 Å². The van der Waals surface area contributed by atoms with Crippen LogP contribution in [0.5, 0.6) is 5.75 Å². The molecule has 2 heterocycles. The number of rotatable bonds is 2. The van der Waals surface area contributed by atoms with E-state index in [-0.39, 0.29) is 5.91 Å². The number of methoxy groups -OCH3 is 1. The van der Waals surface area contributed by atoms with Gasteiger partial charge in [-0.05, 0) is 37.1 Å². The van der Waals surface area contributed by atoms with Crippen LogP contribution in [0.4, 0.5) is 0 Å². The number of benzene rings is 1. The minimum Gasteiger partial charge on any atom is -0.497 e. The Morgan fingerprint density at radius 1 is 1.21 bits per heavy atom. The number of amides is 1. The molecular formula is C15H20N2O2. The van der Waals surface area contributed by atoms with Crippen LogP contribution in [0, 0.1) is 11.8 Å². The van der Waals surface area contributed by atoms with Gasteiger partial charge in [0.1, 0.15) is 5.75 Å². The highest BCUT2D eigenvalue weighted by Crippen LogP contribution is 2.31. The second-order valence-electron chi connectivity index (χ2n) is 5.68. The number of carbonyl (C=O) groups is 1. The first kappa shape index (κ1) is 12.5. The summed E-state index contributed by atoms with van der Waals surface area (Å²) >= 11 is 0. The molecule has 4 nitrogen and oxygen atoms in total. The van der Waals surface area contributed by atoms with E-state index in [2.05, 4.69) is 11.9 Å². The average molecular weight is 260 g/mol. The molecular weight excluding hydrogens is 240 g/mol. The second-order valence-corrected chi connectivity index (χ2v) is 5.68. The largest absolute Gasteiger partial charge is 0.497 e. The standard InChI is InChI=1S/C15H20N2O2/c1-16-7-12-9-17(10-13(12)8-16)15(18)11-4-3-5-14(6-11)19-2/h3-6,12-13H,7-10H2,1-2H3/t12-,13+. The van der Waals surface area contributed by atoms with Crippen molar-refractivity contribution in [3.63, 3.8) is 0 Å². The van der Waals surface area contributed by atoms with Crippen molar-refractivity contribution in [2.24, 2.45) is 11.8 Å². The van der Waals surface area contributed by atoms with Crippen molar-refractivity contribution >= 4 is 5.91 Å². The van der Waals surface area contributed by atoms with Crippen LogP contribution >= 0.6 is 0 Å². The molecule has 2 aliphatic heterocycles. The molecule has 3 rings (SSSR count). The minimum atomic E-state index is 0.135. The number of likely N-dealkylation sites (tertiary alicyclic amines) is 2. The minimum absolute atomic E-state index is 0.135. The Balaban J connectivity index is 1.72. The van der Waals surface area contributed by atoms with Gasteiger partial charge in [0.25, 0.3) is 5.91 Å². The molecule has 19 heavy (non-hydrogen) atoms. The Morgan fingerprint density at radius 3 is 2.53 bits per heavy atom. The monoisotopic (exact) mass is 260 g/mol. The Labute approximate surface area is 113 Å². The van der Waals surface area contributed by atoms with E-state index >= 15 is 0 Å². The third kappa shape index (κ3) is 2.32. The maximum atomic E-state index is 12.5. The van der Waals surface area contributed by atoms with Crippen LogP contribution in [0.3, 0.4) is 0 Å². The summed E-state index contributed by atoms with van der Waals surface area (Å²) in [5.41, 5.74) is 0.729. The maximum Gasteiger partial charge on any atom is 0.254 e. The zero-order valence-electron chi connectivity index (χ0n) is 11.5. The van der Waals surface area contributed by atoms with Gasteiger partial charge in [-0.2, -0.15) is 0 Å².